The van der Waals surface area contributed by atoms with E-state index in [0.29, 0.717) is 5.17 Å². The Kier molecular flexibility index (Phi) is 2.87. The molecule has 98 valence electrons. The minimum atomic E-state index is -0.390. The zero-order chi connectivity index (χ0) is 13.6. The summed E-state index contributed by atoms with van der Waals surface area (Å²) in [5.74, 6) is 0. The van der Waals surface area contributed by atoms with Gasteiger partial charge in [-0.05, 0) is 67.7 Å². The second kappa shape index (κ2) is 4.32. The molecule has 1 aliphatic rings. The molecule has 3 rings (SSSR count). The number of fused-ring (bicyclic) bond motifs is 1. The van der Waals surface area contributed by atoms with E-state index >= 15 is 0 Å². The van der Waals surface area contributed by atoms with Gasteiger partial charge in [-0.2, -0.15) is 0 Å². The molecule has 2 nitrogen and oxygen atoms in total. The summed E-state index contributed by atoms with van der Waals surface area (Å²) in [5, 5.41) is 5.68. The highest BCUT2D eigenvalue weighted by Crippen LogP contribution is 2.39. The normalized spacial score (nSPS) is 16.5. The van der Waals surface area contributed by atoms with Crippen LogP contribution in [0.1, 0.15) is 25.0 Å². The molecular formula is C15H15NOS2. The smallest absolute Gasteiger partial charge is 0.262 e. The summed E-state index contributed by atoms with van der Waals surface area (Å²) >= 11 is 6.90. The lowest BCUT2D eigenvalue weighted by Crippen LogP contribution is -2.34. The fourth-order valence-corrected chi connectivity index (χ4v) is 3.63. The van der Waals surface area contributed by atoms with Crippen LogP contribution in [0.5, 0.6) is 0 Å². The molecule has 2 aromatic rings. The Balaban J connectivity index is 2.14. The Morgan fingerprint density at radius 2 is 2.05 bits per heavy atom. The maximum atomic E-state index is 5.73. The van der Waals surface area contributed by atoms with E-state index in [1.54, 1.807) is 11.3 Å². The molecule has 0 spiro atoms. The molecule has 0 fully saturated rings. The Bertz CT molecular complexity index is 658. The van der Waals surface area contributed by atoms with Gasteiger partial charge in [-0.3, -0.25) is 0 Å². The summed E-state index contributed by atoms with van der Waals surface area (Å²) in [6, 6.07) is 8.56. The van der Waals surface area contributed by atoms with Gasteiger partial charge in [-0.1, -0.05) is 6.07 Å². The standard InChI is InChI=1S/C15H15NOS2/c1-9-6-7-19-13(9)10-4-5-12-11(8-10)15(2,3)17-14(18)16-12/h4-8H,1-3H3,(H,16,18). The van der Waals surface area contributed by atoms with Crippen molar-refractivity contribution in [2.45, 2.75) is 26.4 Å². The van der Waals surface area contributed by atoms with Gasteiger partial charge in [0.15, 0.2) is 0 Å². The molecule has 4 heteroatoms. The second-order valence-corrected chi connectivity index (χ2v) is 6.50. The molecular weight excluding hydrogens is 274 g/mol. The quantitative estimate of drug-likeness (QED) is 0.770. The Morgan fingerprint density at radius 3 is 2.74 bits per heavy atom. The lowest BCUT2D eigenvalue weighted by Gasteiger charge is -2.34. The highest BCUT2D eigenvalue weighted by molar-refractivity contribution is 7.80. The molecule has 0 bridgehead atoms. The SMILES string of the molecule is Cc1ccsc1-c1ccc2c(c1)C(C)(C)OC(=S)N2. The Morgan fingerprint density at radius 1 is 1.26 bits per heavy atom. The average molecular weight is 289 g/mol. The van der Waals surface area contributed by atoms with Crippen molar-refractivity contribution in [2.24, 2.45) is 0 Å². The number of aryl methyl sites for hydroxylation is 1. The van der Waals surface area contributed by atoms with Crippen LogP contribution in [0.25, 0.3) is 10.4 Å². The van der Waals surface area contributed by atoms with Crippen molar-refractivity contribution in [3.63, 3.8) is 0 Å². The van der Waals surface area contributed by atoms with Crippen molar-refractivity contribution in [2.75, 3.05) is 5.32 Å². The van der Waals surface area contributed by atoms with E-state index in [9.17, 15) is 0 Å². The Labute approximate surface area is 122 Å². The first kappa shape index (κ1) is 12.6. The molecule has 0 saturated carbocycles. The summed E-state index contributed by atoms with van der Waals surface area (Å²) in [7, 11) is 0. The zero-order valence-electron chi connectivity index (χ0n) is 11.1. The zero-order valence-corrected chi connectivity index (χ0v) is 12.7. The number of hydrogen-bond donors (Lipinski definition) is 1. The van der Waals surface area contributed by atoms with E-state index in [2.05, 4.69) is 41.9 Å². The van der Waals surface area contributed by atoms with E-state index in [4.69, 9.17) is 17.0 Å². The molecule has 1 aromatic carbocycles. The van der Waals surface area contributed by atoms with Crippen molar-refractivity contribution in [3.05, 3.63) is 40.8 Å². The van der Waals surface area contributed by atoms with Gasteiger partial charge < -0.3 is 10.1 Å². The molecule has 2 heterocycles. The van der Waals surface area contributed by atoms with Crippen LogP contribution in [-0.4, -0.2) is 5.17 Å². The van der Waals surface area contributed by atoms with Crippen LogP contribution >= 0.6 is 23.6 Å². The van der Waals surface area contributed by atoms with E-state index in [1.165, 1.54) is 16.0 Å². The molecule has 1 N–H and O–H groups in total. The number of anilines is 1. The van der Waals surface area contributed by atoms with Crippen LogP contribution in [0.3, 0.4) is 0 Å². The van der Waals surface area contributed by atoms with Gasteiger partial charge in [0.1, 0.15) is 5.60 Å². The van der Waals surface area contributed by atoms with Gasteiger partial charge >= 0.3 is 0 Å². The first-order valence-electron chi connectivity index (χ1n) is 6.16. The summed E-state index contributed by atoms with van der Waals surface area (Å²) in [6.45, 7) is 6.23. The lowest BCUT2D eigenvalue weighted by molar-refractivity contribution is 0.0947. The van der Waals surface area contributed by atoms with Crippen LogP contribution in [-0.2, 0) is 10.3 Å². The predicted molar refractivity (Wildman–Crippen MR) is 84.8 cm³/mol. The largest absolute Gasteiger partial charge is 0.460 e. The molecule has 0 radical (unpaired) electrons. The first-order valence-corrected chi connectivity index (χ1v) is 7.45. The summed E-state index contributed by atoms with van der Waals surface area (Å²) < 4.78 is 5.73. The van der Waals surface area contributed by atoms with E-state index in [1.807, 2.05) is 13.8 Å². The number of thiocarbonyl (C=S) groups is 1. The maximum Gasteiger partial charge on any atom is 0.262 e. The highest BCUT2D eigenvalue weighted by Gasteiger charge is 2.31. The maximum absolute atomic E-state index is 5.73. The minimum absolute atomic E-state index is 0.390. The molecule has 0 aliphatic carbocycles. The van der Waals surface area contributed by atoms with Crippen LogP contribution < -0.4 is 5.32 Å². The third kappa shape index (κ3) is 2.15. The first-order chi connectivity index (χ1) is 8.97. The minimum Gasteiger partial charge on any atom is -0.460 e. The third-order valence-corrected chi connectivity index (χ3v) is 4.63. The summed E-state index contributed by atoms with van der Waals surface area (Å²) in [4.78, 5) is 1.31. The average Bonchev–Trinajstić information content (AvgIpc) is 2.74. The summed E-state index contributed by atoms with van der Waals surface area (Å²) in [6.07, 6.45) is 0. The number of hydrogen-bond acceptors (Lipinski definition) is 3. The predicted octanol–water partition coefficient (Wildman–Crippen LogP) is 4.69. The van der Waals surface area contributed by atoms with E-state index < -0.39 is 5.60 Å². The molecule has 0 amide bonds. The number of rotatable bonds is 1. The van der Waals surface area contributed by atoms with Gasteiger partial charge in [0.2, 0.25) is 0 Å². The fourth-order valence-electron chi connectivity index (χ4n) is 2.38. The van der Waals surface area contributed by atoms with Gasteiger partial charge in [0.25, 0.3) is 5.17 Å². The lowest BCUT2D eigenvalue weighted by atomic mass is 9.92. The fraction of sp³-hybridized carbons (Fsp3) is 0.267. The van der Waals surface area contributed by atoms with Crippen molar-refractivity contribution >= 4 is 34.4 Å². The van der Waals surface area contributed by atoms with Gasteiger partial charge in [-0.25, -0.2) is 0 Å². The Hall–Kier alpha value is -1.39. The monoisotopic (exact) mass is 289 g/mol. The van der Waals surface area contributed by atoms with Crippen LogP contribution in [0.15, 0.2) is 29.6 Å². The molecule has 19 heavy (non-hydrogen) atoms. The summed E-state index contributed by atoms with van der Waals surface area (Å²) in [5.41, 5.74) is 4.34. The van der Waals surface area contributed by atoms with E-state index in [0.717, 1.165) is 11.3 Å². The van der Waals surface area contributed by atoms with Crippen LogP contribution in [0.2, 0.25) is 0 Å². The number of benzene rings is 1. The van der Waals surface area contributed by atoms with Crippen molar-refractivity contribution in [1.29, 1.82) is 0 Å². The highest BCUT2D eigenvalue weighted by atomic mass is 32.1. The molecule has 0 unspecified atom stereocenters. The van der Waals surface area contributed by atoms with Crippen molar-refractivity contribution < 1.29 is 4.74 Å². The van der Waals surface area contributed by atoms with Crippen molar-refractivity contribution in [3.8, 4) is 10.4 Å². The molecule has 1 aromatic heterocycles. The van der Waals surface area contributed by atoms with E-state index in [-0.39, 0.29) is 0 Å². The molecule has 0 saturated heterocycles. The second-order valence-electron chi connectivity index (χ2n) is 5.22. The number of nitrogens with one attached hydrogen (secondary N) is 1. The van der Waals surface area contributed by atoms with Crippen LogP contribution in [0.4, 0.5) is 5.69 Å². The van der Waals surface area contributed by atoms with Gasteiger partial charge in [0.05, 0.1) is 0 Å². The number of thiophene rings is 1. The third-order valence-electron chi connectivity index (χ3n) is 3.38. The van der Waals surface area contributed by atoms with Crippen molar-refractivity contribution in [1.82, 2.24) is 0 Å². The van der Waals surface area contributed by atoms with Gasteiger partial charge in [0, 0.05) is 16.1 Å². The molecule has 0 atom stereocenters. The topological polar surface area (TPSA) is 21.3 Å². The van der Waals surface area contributed by atoms with Crippen LogP contribution in [0, 0.1) is 6.92 Å². The molecule has 1 aliphatic heterocycles. The number of ether oxygens (including phenoxy) is 1. The van der Waals surface area contributed by atoms with Gasteiger partial charge in [-0.15, -0.1) is 11.3 Å².